The van der Waals surface area contributed by atoms with Gasteiger partial charge in [-0.3, -0.25) is 4.79 Å². The van der Waals surface area contributed by atoms with E-state index in [2.05, 4.69) is 4.98 Å². The highest BCUT2D eigenvalue weighted by Crippen LogP contribution is 2.34. The lowest BCUT2D eigenvalue weighted by Crippen LogP contribution is -2.43. The first-order valence-corrected chi connectivity index (χ1v) is 6.04. The SMILES string of the molecule is Cc1cccc(C(=O)N(C)C(CN)C2CC2)n1. The van der Waals surface area contributed by atoms with Gasteiger partial charge in [0.05, 0.1) is 0 Å². The van der Waals surface area contributed by atoms with E-state index in [1.165, 1.54) is 12.8 Å². The first-order valence-electron chi connectivity index (χ1n) is 6.04. The van der Waals surface area contributed by atoms with Gasteiger partial charge in [-0.25, -0.2) is 4.98 Å². The normalized spacial score (nSPS) is 16.6. The second-order valence-corrected chi connectivity index (χ2v) is 4.72. The second kappa shape index (κ2) is 4.84. The van der Waals surface area contributed by atoms with Crippen LogP contribution in [-0.2, 0) is 0 Å². The van der Waals surface area contributed by atoms with Gasteiger partial charge in [-0.2, -0.15) is 0 Å². The fourth-order valence-corrected chi connectivity index (χ4v) is 2.14. The molecular formula is C13H19N3O. The third-order valence-corrected chi connectivity index (χ3v) is 3.33. The van der Waals surface area contributed by atoms with Crippen molar-refractivity contribution in [1.29, 1.82) is 0 Å². The molecule has 1 amide bonds. The maximum Gasteiger partial charge on any atom is 0.272 e. The van der Waals surface area contributed by atoms with Crippen LogP contribution in [0, 0.1) is 12.8 Å². The van der Waals surface area contributed by atoms with Gasteiger partial charge < -0.3 is 10.6 Å². The number of aryl methyl sites for hydroxylation is 1. The summed E-state index contributed by atoms with van der Waals surface area (Å²) >= 11 is 0. The summed E-state index contributed by atoms with van der Waals surface area (Å²) in [5.74, 6) is 0.551. The van der Waals surface area contributed by atoms with Crippen LogP contribution in [0.15, 0.2) is 18.2 Å². The number of nitrogens with zero attached hydrogens (tertiary/aromatic N) is 2. The lowest BCUT2D eigenvalue weighted by molar-refractivity contribution is 0.0712. The van der Waals surface area contributed by atoms with E-state index >= 15 is 0 Å². The van der Waals surface area contributed by atoms with Gasteiger partial charge in [0, 0.05) is 25.3 Å². The largest absolute Gasteiger partial charge is 0.336 e. The van der Waals surface area contributed by atoms with Crippen molar-refractivity contribution in [3.8, 4) is 0 Å². The molecule has 4 nitrogen and oxygen atoms in total. The molecule has 1 unspecified atom stereocenters. The molecule has 1 aromatic heterocycles. The first kappa shape index (κ1) is 12.0. The lowest BCUT2D eigenvalue weighted by atomic mass is 10.1. The predicted octanol–water partition coefficient (Wildman–Crippen LogP) is 1.20. The molecule has 0 saturated heterocycles. The van der Waals surface area contributed by atoms with Gasteiger partial charge >= 0.3 is 0 Å². The van der Waals surface area contributed by atoms with Crippen molar-refractivity contribution in [3.05, 3.63) is 29.6 Å². The summed E-state index contributed by atoms with van der Waals surface area (Å²) in [5, 5.41) is 0. The molecule has 0 bridgehead atoms. The van der Waals surface area contributed by atoms with Crippen LogP contribution < -0.4 is 5.73 Å². The Balaban J connectivity index is 2.13. The number of aromatic nitrogens is 1. The van der Waals surface area contributed by atoms with Gasteiger partial charge in [0.25, 0.3) is 5.91 Å². The molecule has 17 heavy (non-hydrogen) atoms. The minimum absolute atomic E-state index is 0.0314. The highest BCUT2D eigenvalue weighted by atomic mass is 16.2. The highest BCUT2D eigenvalue weighted by Gasteiger charge is 2.35. The summed E-state index contributed by atoms with van der Waals surface area (Å²) < 4.78 is 0. The molecule has 0 aromatic carbocycles. The van der Waals surface area contributed by atoms with Crippen LogP contribution in [0.5, 0.6) is 0 Å². The number of nitrogens with two attached hydrogens (primary N) is 1. The van der Waals surface area contributed by atoms with E-state index in [0.717, 1.165) is 5.69 Å². The number of amides is 1. The van der Waals surface area contributed by atoms with Crippen LogP contribution in [0.1, 0.15) is 29.0 Å². The van der Waals surface area contributed by atoms with Gasteiger partial charge in [-0.05, 0) is 37.8 Å². The molecule has 0 radical (unpaired) electrons. The zero-order chi connectivity index (χ0) is 12.4. The topological polar surface area (TPSA) is 59.2 Å². The molecule has 1 heterocycles. The Bertz CT molecular complexity index is 415. The minimum atomic E-state index is -0.0314. The molecule has 0 aliphatic heterocycles. The maximum absolute atomic E-state index is 12.2. The molecular weight excluding hydrogens is 214 g/mol. The summed E-state index contributed by atoms with van der Waals surface area (Å²) in [6.45, 7) is 2.41. The highest BCUT2D eigenvalue weighted by molar-refractivity contribution is 5.92. The molecule has 0 spiro atoms. The van der Waals surface area contributed by atoms with Crippen LogP contribution in [0.3, 0.4) is 0 Å². The van der Waals surface area contributed by atoms with Crippen molar-refractivity contribution in [2.45, 2.75) is 25.8 Å². The monoisotopic (exact) mass is 233 g/mol. The minimum Gasteiger partial charge on any atom is -0.336 e. The Hall–Kier alpha value is -1.42. The number of pyridine rings is 1. The fourth-order valence-electron chi connectivity index (χ4n) is 2.14. The molecule has 1 aliphatic rings. The van der Waals surface area contributed by atoms with Crippen LogP contribution in [0.25, 0.3) is 0 Å². The van der Waals surface area contributed by atoms with Crippen molar-refractivity contribution in [3.63, 3.8) is 0 Å². The summed E-state index contributed by atoms with van der Waals surface area (Å²) in [6.07, 6.45) is 2.36. The van der Waals surface area contributed by atoms with E-state index in [9.17, 15) is 4.79 Å². The van der Waals surface area contributed by atoms with Gasteiger partial charge in [-0.1, -0.05) is 6.07 Å². The van der Waals surface area contributed by atoms with Crippen molar-refractivity contribution in [2.75, 3.05) is 13.6 Å². The molecule has 4 heteroatoms. The third-order valence-electron chi connectivity index (χ3n) is 3.33. The number of carbonyl (C=O) groups is 1. The number of hydrogen-bond donors (Lipinski definition) is 1. The molecule has 2 N–H and O–H groups in total. The van der Waals surface area contributed by atoms with Crippen molar-refractivity contribution in [2.24, 2.45) is 11.7 Å². The second-order valence-electron chi connectivity index (χ2n) is 4.72. The van der Waals surface area contributed by atoms with E-state index in [-0.39, 0.29) is 11.9 Å². The molecule has 1 fully saturated rings. The van der Waals surface area contributed by atoms with E-state index in [4.69, 9.17) is 5.73 Å². The maximum atomic E-state index is 12.2. The summed E-state index contributed by atoms with van der Waals surface area (Å²) in [4.78, 5) is 18.2. The Kier molecular flexibility index (Phi) is 3.43. The quantitative estimate of drug-likeness (QED) is 0.850. The standard InChI is InChI=1S/C13H19N3O/c1-9-4-3-5-11(15-9)13(17)16(2)12(8-14)10-6-7-10/h3-5,10,12H,6-8,14H2,1-2H3. The van der Waals surface area contributed by atoms with Crippen molar-refractivity contribution >= 4 is 5.91 Å². The summed E-state index contributed by atoms with van der Waals surface area (Å²) in [6, 6.07) is 5.66. The number of carbonyl (C=O) groups excluding carboxylic acids is 1. The average Bonchev–Trinajstić information content (AvgIpc) is 3.13. The molecule has 1 saturated carbocycles. The summed E-state index contributed by atoms with van der Waals surface area (Å²) in [7, 11) is 1.82. The number of likely N-dealkylation sites (N-methyl/N-ethyl adjacent to an activating group) is 1. The van der Waals surface area contributed by atoms with E-state index < -0.39 is 0 Å². The number of rotatable bonds is 4. The van der Waals surface area contributed by atoms with Gasteiger partial charge in [0.1, 0.15) is 5.69 Å². The molecule has 1 aromatic rings. The first-order chi connectivity index (χ1) is 8.13. The summed E-state index contributed by atoms with van der Waals surface area (Å²) in [5.41, 5.74) is 7.11. The van der Waals surface area contributed by atoms with E-state index in [1.54, 1.807) is 11.0 Å². The van der Waals surface area contributed by atoms with Crippen molar-refractivity contribution < 1.29 is 4.79 Å². The van der Waals surface area contributed by atoms with Crippen molar-refractivity contribution in [1.82, 2.24) is 9.88 Å². The van der Waals surface area contributed by atoms with E-state index in [0.29, 0.717) is 18.2 Å². The Morgan fingerprint density at radius 1 is 1.59 bits per heavy atom. The molecule has 1 aliphatic carbocycles. The predicted molar refractivity (Wildman–Crippen MR) is 66.6 cm³/mol. The zero-order valence-electron chi connectivity index (χ0n) is 10.4. The lowest BCUT2D eigenvalue weighted by Gasteiger charge is -2.26. The van der Waals surface area contributed by atoms with Crippen LogP contribution in [0.2, 0.25) is 0 Å². The van der Waals surface area contributed by atoms with Gasteiger partial charge in [0.2, 0.25) is 0 Å². The average molecular weight is 233 g/mol. The molecule has 92 valence electrons. The number of hydrogen-bond acceptors (Lipinski definition) is 3. The van der Waals surface area contributed by atoms with Gasteiger partial charge in [0.15, 0.2) is 0 Å². The Morgan fingerprint density at radius 2 is 2.29 bits per heavy atom. The van der Waals surface area contributed by atoms with E-state index in [1.807, 2.05) is 26.1 Å². The van der Waals surface area contributed by atoms with Crippen LogP contribution in [0.4, 0.5) is 0 Å². The fraction of sp³-hybridized carbons (Fsp3) is 0.538. The third kappa shape index (κ3) is 2.64. The van der Waals surface area contributed by atoms with Crippen LogP contribution in [-0.4, -0.2) is 35.4 Å². The Morgan fingerprint density at radius 3 is 2.82 bits per heavy atom. The molecule has 1 atom stereocenters. The van der Waals surface area contributed by atoms with Gasteiger partial charge in [-0.15, -0.1) is 0 Å². The smallest absolute Gasteiger partial charge is 0.272 e. The van der Waals surface area contributed by atoms with Crippen LogP contribution >= 0.6 is 0 Å². The Labute approximate surface area is 102 Å². The zero-order valence-corrected chi connectivity index (χ0v) is 10.4. The molecule has 2 rings (SSSR count).